The van der Waals surface area contributed by atoms with E-state index >= 15 is 0 Å². The number of aliphatic hydroxyl groups is 1. The lowest BCUT2D eigenvalue weighted by molar-refractivity contribution is -0.118. The molecule has 0 fully saturated rings. The van der Waals surface area contributed by atoms with Gasteiger partial charge in [0.2, 0.25) is 5.91 Å². The van der Waals surface area contributed by atoms with E-state index in [9.17, 15) is 9.90 Å². The number of aliphatic hydroxyl groups excluding tert-OH is 1. The molecule has 1 aliphatic heterocycles. The third-order valence-corrected chi connectivity index (χ3v) is 4.60. The number of fused-ring (bicyclic) bond motifs is 1. The van der Waals surface area contributed by atoms with E-state index in [-0.39, 0.29) is 5.91 Å². The Balaban J connectivity index is 1.73. The van der Waals surface area contributed by atoms with Crippen molar-refractivity contribution in [2.75, 3.05) is 25.7 Å². The number of hydrogen-bond acceptors (Lipinski definition) is 4. The van der Waals surface area contributed by atoms with Crippen LogP contribution >= 0.6 is 0 Å². The molecule has 1 unspecified atom stereocenters. The highest BCUT2D eigenvalue weighted by molar-refractivity contribution is 5.95. The highest BCUT2D eigenvalue weighted by Crippen LogP contribution is 2.36. The number of benzene rings is 2. The van der Waals surface area contributed by atoms with E-state index in [1.807, 2.05) is 42.5 Å². The summed E-state index contributed by atoms with van der Waals surface area (Å²) in [5.41, 5.74) is 2.62. The Kier molecular flexibility index (Phi) is 5.24. The molecular weight excluding hydrogens is 318 g/mol. The Morgan fingerprint density at radius 1 is 1.12 bits per heavy atom. The minimum absolute atomic E-state index is 0.0530. The lowest BCUT2D eigenvalue weighted by atomic mass is 9.97. The fourth-order valence-corrected chi connectivity index (χ4v) is 3.13. The maximum atomic E-state index is 12.7. The molecule has 1 heterocycles. The van der Waals surface area contributed by atoms with Crippen LogP contribution in [-0.2, 0) is 11.2 Å². The summed E-state index contributed by atoms with van der Waals surface area (Å²) in [5, 5.41) is 10.2. The summed E-state index contributed by atoms with van der Waals surface area (Å²) in [4.78, 5) is 14.5. The molecule has 1 atom stereocenters. The molecule has 1 amide bonds. The summed E-state index contributed by atoms with van der Waals surface area (Å²) in [6.45, 7) is 0.517. The molecule has 1 aliphatic rings. The maximum Gasteiger partial charge on any atom is 0.227 e. The number of carbonyl (C=O) groups excluding carboxylic acids is 1. The van der Waals surface area contributed by atoms with E-state index in [4.69, 9.17) is 9.47 Å². The van der Waals surface area contributed by atoms with Crippen molar-refractivity contribution in [3.05, 3.63) is 53.6 Å². The topological polar surface area (TPSA) is 59.0 Å². The Bertz CT molecular complexity index is 742. The van der Waals surface area contributed by atoms with Crippen molar-refractivity contribution in [3.8, 4) is 11.5 Å². The molecule has 1 N–H and O–H groups in total. The minimum atomic E-state index is -0.536. The van der Waals surface area contributed by atoms with E-state index in [1.165, 1.54) is 0 Å². The average Bonchev–Trinajstić information content (AvgIpc) is 2.66. The van der Waals surface area contributed by atoms with Gasteiger partial charge in [0.25, 0.3) is 0 Å². The third kappa shape index (κ3) is 3.77. The Morgan fingerprint density at radius 2 is 1.80 bits per heavy atom. The first-order valence-electron chi connectivity index (χ1n) is 8.41. The van der Waals surface area contributed by atoms with Gasteiger partial charge in [-0.25, -0.2) is 0 Å². The van der Waals surface area contributed by atoms with Gasteiger partial charge in [0.05, 0.1) is 26.0 Å². The van der Waals surface area contributed by atoms with Crippen molar-refractivity contribution in [1.82, 2.24) is 0 Å². The summed E-state index contributed by atoms with van der Waals surface area (Å²) in [6.07, 6.45) is 1.10. The van der Waals surface area contributed by atoms with Gasteiger partial charge < -0.3 is 19.5 Å². The molecule has 0 aromatic heterocycles. The molecule has 0 spiro atoms. The highest BCUT2D eigenvalue weighted by atomic mass is 16.5. The standard InChI is InChI=1S/C20H23NO4/c1-24-15-6-3-14(4-7-15)5-10-20(23)21-12-11-19(22)17-9-8-16(25-2)13-18(17)21/h3-4,6-9,13,19,22H,5,10-12H2,1-2H3. The molecule has 25 heavy (non-hydrogen) atoms. The van der Waals surface area contributed by atoms with Gasteiger partial charge in [0.15, 0.2) is 0 Å². The number of hydrogen-bond donors (Lipinski definition) is 1. The van der Waals surface area contributed by atoms with Gasteiger partial charge in [0, 0.05) is 24.6 Å². The predicted molar refractivity (Wildman–Crippen MR) is 96.2 cm³/mol. The van der Waals surface area contributed by atoms with E-state index in [1.54, 1.807) is 19.1 Å². The zero-order chi connectivity index (χ0) is 17.8. The molecule has 0 saturated heterocycles. The van der Waals surface area contributed by atoms with Gasteiger partial charge in [-0.15, -0.1) is 0 Å². The van der Waals surface area contributed by atoms with Crippen molar-refractivity contribution in [1.29, 1.82) is 0 Å². The molecule has 5 heteroatoms. The van der Waals surface area contributed by atoms with Crippen LogP contribution in [0.2, 0.25) is 0 Å². The van der Waals surface area contributed by atoms with Gasteiger partial charge in [0.1, 0.15) is 11.5 Å². The van der Waals surface area contributed by atoms with Crippen LogP contribution in [0.25, 0.3) is 0 Å². The molecule has 2 aromatic rings. The first-order valence-corrected chi connectivity index (χ1v) is 8.41. The first-order chi connectivity index (χ1) is 12.1. The van der Waals surface area contributed by atoms with Crippen LogP contribution in [0.1, 0.15) is 30.1 Å². The van der Waals surface area contributed by atoms with Crippen LogP contribution in [-0.4, -0.2) is 31.8 Å². The number of nitrogens with zero attached hydrogens (tertiary/aromatic N) is 1. The Morgan fingerprint density at radius 3 is 2.48 bits per heavy atom. The normalized spacial score (nSPS) is 16.3. The Labute approximate surface area is 147 Å². The monoisotopic (exact) mass is 341 g/mol. The number of carbonyl (C=O) groups is 1. The van der Waals surface area contributed by atoms with Gasteiger partial charge in [-0.1, -0.05) is 18.2 Å². The van der Waals surface area contributed by atoms with Crippen LogP contribution in [0.15, 0.2) is 42.5 Å². The number of amides is 1. The Hall–Kier alpha value is -2.53. The molecule has 2 aromatic carbocycles. The highest BCUT2D eigenvalue weighted by Gasteiger charge is 2.27. The SMILES string of the molecule is COc1ccc(CCC(=O)N2CCC(O)c3ccc(OC)cc32)cc1. The molecular formula is C20H23NO4. The molecule has 5 nitrogen and oxygen atoms in total. The number of ether oxygens (including phenoxy) is 2. The van der Waals surface area contributed by atoms with E-state index in [0.29, 0.717) is 31.6 Å². The number of aryl methyl sites for hydroxylation is 1. The second-order valence-corrected chi connectivity index (χ2v) is 6.12. The van der Waals surface area contributed by atoms with Crippen molar-refractivity contribution < 1.29 is 19.4 Å². The maximum absolute atomic E-state index is 12.7. The molecule has 3 rings (SSSR count). The van der Waals surface area contributed by atoms with Crippen molar-refractivity contribution in [2.24, 2.45) is 0 Å². The molecule has 0 aliphatic carbocycles. The fourth-order valence-electron chi connectivity index (χ4n) is 3.13. The van der Waals surface area contributed by atoms with Crippen LogP contribution in [0, 0.1) is 0 Å². The first kappa shape index (κ1) is 17.3. The summed E-state index contributed by atoms with van der Waals surface area (Å²) >= 11 is 0. The van der Waals surface area contributed by atoms with Gasteiger partial charge >= 0.3 is 0 Å². The molecule has 132 valence electrons. The van der Waals surface area contributed by atoms with Gasteiger partial charge in [-0.3, -0.25) is 4.79 Å². The second kappa shape index (κ2) is 7.57. The van der Waals surface area contributed by atoms with E-state index in [0.717, 1.165) is 22.6 Å². The lowest BCUT2D eigenvalue weighted by Crippen LogP contribution is -2.36. The summed E-state index contributed by atoms with van der Waals surface area (Å²) in [6, 6.07) is 13.2. The summed E-state index contributed by atoms with van der Waals surface area (Å²) < 4.78 is 10.4. The minimum Gasteiger partial charge on any atom is -0.497 e. The number of methoxy groups -OCH3 is 2. The molecule has 0 bridgehead atoms. The third-order valence-electron chi connectivity index (χ3n) is 4.60. The van der Waals surface area contributed by atoms with Gasteiger partial charge in [-0.2, -0.15) is 0 Å². The van der Waals surface area contributed by atoms with Crippen molar-refractivity contribution in [3.63, 3.8) is 0 Å². The molecule has 0 radical (unpaired) electrons. The van der Waals surface area contributed by atoms with Crippen molar-refractivity contribution in [2.45, 2.75) is 25.4 Å². The quantitative estimate of drug-likeness (QED) is 0.908. The van der Waals surface area contributed by atoms with Crippen LogP contribution in [0.5, 0.6) is 11.5 Å². The number of anilines is 1. The smallest absolute Gasteiger partial charge is 0.227 e. The van der Waals surface area contributed by atoms with Crippen LogP contribution in [0.3, 0.4) is 0 Å². The van der Waals surface area contributed by atoms with E-state index < -0.39 is 6.10 Å². The van der Waals surface area contributed by atoms with Crippen molar-refractivity contribution >= 4 is 11.6 Å². The van der Waals surface area contributed by atoms with Crippen LogP contribution in [0.4, 0.5) is 5.69 Å². The molecule has 0 saturated carbocycles. The number of rotatable bonds is 5. The summed E-state index contributed by atoms with van der Waals surface area (Å²) in [7, 11) is 3.23. The largest absolute Gasteiger partial charge is 0.497 e. The lowest BCUT2D eigenvalue weighted by Gasteiger charge is -2.32. The van der Waals surface area contributed by atoms with E-state index in [2.05, 4.69) is 0 Å². The summed E-state index contributed by atoms with van der Waals surface area (Å²) in [5.74, 6) is 1.54. The zero-order valence-corrected chi connectivity index (χ0v) is 14.6. The second-order valence-electron chi connectivity index (χ2n) is 6.12. The fraction of sp³-hybridized carbons (Fsp3) is 0.350. The van der Waals surface area contributed by atoms with Gasteiger partial charge in [-0.05, 0) is 36.6 Å². The predicted octanol–water partition coefficient (Wildman–Crippen LogP) is 3.11. The van der Waals surface area contributed by atoms with Crippen LogP contribution < -0.4 is 14.4 Å². The zero-order valence-electron chi connectivity index (χ0n) is 14.6. The average molecular weight is 341 g/mol.